The van der Waals surface area contributed by atoms with E-state index in [-0.39, 0.29) is 0 Å². The molecular weight excluding hydrogens is 396 g/mol. The van der Waals surface area contributed by atoms with Gasteiger partial charge in [-0.05, 0) is 72.5 Å². The average Bonchev–Trinajstić information content (AvgIpc) is 3.27. The summed E-state index contributed by atoms with van der Waals surface area (Å²) in [5.41, 5.74) is 10.9. The Morgan fingerprint density at radius 3 is 1.61 bits per heavy atom. The fourth-order valence-corrected chi connectivity index (χ4v) is 5.65. The van der Waals surface area contributed by atoms with Crippen LogP contribution < -0.4 is 0 Å². The standard InChI is InChI=1S/C33H22/c1-4-14-25-22(9-1)12-7-17-28(25)30-19-20-31(29-18-8-13-23-10-2-5-15-26(23)29)33-27-16-6-3-11-24(27)21-32(30)33/h1-20H,21H2. The number of fused-ring (bicyclic) bond motifs is 5. The van der Waals surface area contributed by atoms with Crippen molar-refractivity contribution in [1.29, 1.82) is 0 Å². The van der Waals surface area contributed by atoms with Crippen molar-refractivity contribution >= 4 is 21.5 Å². The highest BCUT2D eigenvalue weighted by atomic mass is 14.3. The second-order valence-corrected chi connectivity index (χ2v) is 8.90. The zero-order valence-corrected chi connectivity index (χ0v) is 18.3. The van der Waals surface area contributed by atoms with Crippen molar-refractivity contribution in [3.05, 3.63) is 132 Å². The minimum atomic E-state index is 0.975. The maximum atomic E-state index is 2.35. The van der Waals surface area contributed by atoms with Crippen molar-refractivity contribution in [2.24, 2.45) is 0 Å². The molecule has 33 heavy (non-hydrogen) atoms. The zero-order chi connectivity index (χ0) is 21.8. The molecule has 0 heteroatoms. The van der Waals surface area contributed by atoms with Crippen molar-refractivity contribution in [1.82, 2.24) is 0 Å². The molecular formula is C33H22. The number of benzene rings is 6. The fraction of sp³-hybridized carbons (Fsp3) is 0.0303. The van der Waals surface area contributed by atoms with E-state index in [0.717, 1.165) is 6.42 Å². The summed E-state index contributed by atoms with van der Waals surface area (Å²) in [5, 5.41) is 5.20. The topological polar surface area (TPSA) is 0 Å². The maximum Gasteiger partial charge on any atom is -0.000705 e. The molecule has 1 aliphatic rings. The van der Waals surface area contributed by atoms with Crippen LogP contribution in [0, 0.1) is 0 Å². The normalized spacial score (nSPS) is 12.1. The van der Waals surface area contributed by atoms with Crippen LogP contribution in [0.25, 0.3) is 54.9 Å². The first-order chi connectivity index (χ1) is 16.4. The lowest BCUT2D eigenvalue weighted by atomic mass is 9.86. The predicted octanol–water partition coefficient (Wildman–Crippen LogP) is 8.90. The lowest BCUT2D eigenvalue weighted by molar-refractivity contribution is 1.27. The Labute approximate surface area is 193 Å². The van der Waals surface area contributed by atoms with Gasteiger partial charge in [-0.2, -0.15) is 0 Å². The van der Waals surface area contributed by atoms with Gasteiger partial charge in [0.15, 0.2) is 0 Å². The van der Waals surface area contributed by atoms with Gasteiger partial charge in [0.2, 0.25) is 0 Å². The SMILES string of the molecule is c1ccc2c(c1)Cc1c(-c3cccc4ccccc34)ccc(-c3cccc4ccccc34)c1-2. The van der Waals surface area contributed by atoms with E-state index in [1.807, 2.05) is 0 Å². The average molecular weight is 419 g/mol. The first-order valence-electron chi connectivity index (χ1n) is 11.6. The summed E-state index contributed by atoms with van der Waals surface area (Å²) in [5.74, 6) is 0. The van der Waals surface area contributed by atoms with Crippen molar-refractivity contribution in [2.75, 3.05) is 0 Å². The molecule has 6 aromatic carbocycles. The Morgan fingerprint density at radius 1 is 0.364 bits per heavy atom. The van der Waals surface area contributed by atoms with Gasteiger partial charge in [0, 0.05) is 0 Å². The van der Waals surface area contributed by atoms with E-state index in [2.05, 4.69) is 121 Å². The van der Waals surface area contributed by atoms with Crippen molar-refractivity contribution in [3.63, 3.8) is 0 Å². The first-order valence-corrected chi connectivity index (χ1v) is 11.6. The lowest BCUT2D eigenvalue weighted by Gasteiger charge is -2.17. The van der Waals surface area contributed by atoms with E-state index in [9.17, 15) is 0 Å². The van der Waals surface area contributed by atoms with Gasteiger partial charge in [0.25, 0.3) is 0 Å². The van der Waals surface area contributed by atoms with Gasteiger partial charge in [-0.15, -0.1) is 0 Å². The van der Waals surface area contributed by atoms with Crippen LogP contribution in [0.3, 0.4) is 0 Å². The van der Waals surface area contributed by atoms with Crippen molar-refractivity contribution < 1.29 is 0 Å². The molecule has 0 heterocycles. The van der Waals surface area contributed by atoms with E-state index in [1.165, 1.54) is 66.1 Å². The lowest BCUT2D eigenvalue weighted by Crippen LogP contribution is -1.93. The smallest absolute Gasteiger partial charge is 0.000705 e. The molecule has 0 atom stereocenters. The number of hydrogen-bond donors (Lipinski definition) is 0. The summed E-state index contributed by atoms with van der Waals surface area (Å²) in [7, 11) is 0. The van der Waals surface area contributed by atoms with Crippen LogP contribution in [0.4, 0.5) is 0 Å². The summed E-state index contributed by atoms with van der Waals surface area (Å²) >= 11 is 0. The van der Waals surface area contributed by atoms with E-state index >= 15 is 0 Å². The van der Waals surface area contributed by atoms with Crippen LogP contribution in [0.15, 0.2) is 121 Å². The van der Waals surface area contributed by atoms with Crippen molar-refractivity contribution in [3.8, 4) is 33.4 Å². The molecule has 7 rings (SSSR count). The molecule has 6 aromatic rings. The van der Waals surface area contributed by atoms with Crippen LogP contribution in [0.5, 0.6) is 0 Å². The van der Waals surface area contributed by atoms with E-state index < -0.39 is 0 Å². The molecule has 0 saturated carbocycles. The third kappa shape index (κ3) is 2.78. The monoisotopic (exact) mass is 418 g/mol. The van der Waals surface area contributed by atoms with Gasteiger partial charge >= 0.3 is 0 Å². The number of hydrogen-bond acceptors (Lipinski definition) is 0. The Hall–Kier alpha value is -4.16. The summed E-state index contributed by atoms with van der Waals surface area (Å²) in [6, 6.07) is 44.4. The van der Waals surface area contributed by atoms with E-state index in [0.29, 0.717) is 0 Å². The van der Waals surface area contributed by atoms with Crippen LogP contribution >= 0.6 is 0 Å². The summed E-state index contributed by atoms with van der Waals surface area (Å²) in [6.45, 7) is 0. The maximum absolute atomic E-state index is 2.35. The van der Waals surface area contributed by atoms with Crippen LogP contribution in [0.1, 0.15) is 11.1 Å². The minimum absolute atomic E-state index is 0.975. The molecule has 0 N–H and O–H groups in total. The summed E-state index contributed by atoms with van der Waals surface area (Å²) in [6.07, 6.45) is 0.975. The molecule has 0 amide bonds. The Kier molecular flexibility index (Phi) is 4.01. The molecule has 0 aliphatic heterocycles. The first kappa shape index (κ1) is 18.4. The fourth-order valence-electron chi connectivity index (χ4n) is 5.65. The van der Waals surface area contributed by atoms with Gasteiger partial charge in [-0.1, -0.05) is 121 Å². The summed E-state index contributed by atoms with van der Waals surface area (Å²) in [4.78, 5) is 0. The van der Waals surface area contributed by atoms with Crippen LogP contribution in [-0.4, -0.2) is 0 Å². The van der Waals surface area contributed by atoms with Crippen LogP contribution in [-0.2, 0) is 6.42 Å². The Bertz CT molecular complexity index is 1680. The van der Waals surface area contributed by atoms with E-state index in [1.54, 1.807) is 0 Å². The molecule has 0 radical (unpaired) electrons. The van der Waals surface area contributed by atoms with Crippen molar-refractivity contribution in [2.45, 2.75) is 6.42 Å². The van der Waals surface area contributed by atoms with Gasteiger partial charge in [-0.3, -0.25) is 0 Å². The molecule has 1 aliphatic carbocycles. The highest BCUT2D eigenvalue weighted by molar-refractivity contribution is 6.05. The van der Waals surface area contributed by atoms with Crippen LogP contribution in [0.2, 0.25) is 0 Å². The van der Waals surface area contributed by atoms with E-state index in [4.69, 9.17) is 0 Å². The Balaban J connectivity index is 1.57. The molecule has 0 aromatic heterocycles. The summed E-state index contributed by atoms with van der Waals surface area (Å²) < 4.78 is 0. The Morgan fingerprint density at radius 2 is 0.879 bits per heavy atom. The zero-order valence-electron chi connectivity index (χ0n) is 18.3. The molecule has 0 nitrogen and oxygen atoms in total. The second-order valence-electron chi connectivity index (χ2n) is 8.90. The number of rotatable bonds is 2. The highest BCUT2D eigenvalue weighted by Crippen LogP contribution is 2.48. The molecule has 0 saturated heterocycles. The van der Waals surface area contributed by atoms with Gasteiger partial charge in [0.1, 0.15) is 0 Å². The molecule has 0 bridgehead atoms. The molecule has 0 unspecified atom stereocenters. The highest BCUT2D eigenvalue weighted by Gasteiger charge is 2.26. The van der Waals surface area contributed by atoms with Gasteiger partial charge in [-0.25, -0.2) is 0 Å². The molecule has 154 valence electrons. The molecule has 0 fully saturated rings. The third-order valence-corrected chi connectivity index (χ3v) is 7.13. The predicted molar refractivity (Wildman–Crippen MR) is 141 cm³/mol. The van der Waals surface area contributed by atoms with Gasteiger partial charge < -0.3 is 0 Å². The minimum Gasteiger partial charge on any atom is -0.0619 e. The second kappa shape index (κ2) is 7.18. The largest absolute Gasteiger partial charge is 0.0619 e. The van der Waals surface area contributed by atoms with Gasteiger partial charge in [0.05, 0.1) is 0 Å². The third-order valence-electron chi connectivity index (χ3n) is 7.13. The quantitative estimate of drug-likeness (QED) is 0.263. The molecule has 0 spiro atoms.